The van der Waals surface area contributed by atoms with Gasteiger partial charge in [0.2, 0.25) is 11.4 Å². The quantitative estimate of drug-likeness (QED) is 0.0249. The van der Waals surface area contributed by atoms with Gasteiger partial charge >= 0.3 is 17.3 Å². The van der Waals surface area contributed by atoms with Crippen LogP contribution in [0.25, 0.3) is 22.0 Å². The number of fused-ring (bicyclic) bond motifs is 2. The highest BCUT2D eigenvalue weighted by Gasteiger charge is 2.22. The van der Waals surface area contributed by atoms with Gasteiger partial charge in [-0.05, 0) is 91.1 Å². The molecule has 320 valence electrons. The minimum Gasteiger partial charge on any atom is -0.460 e. The van der Waals surface area contributed by atoms with Gasteiger partial charge in [0, 0.05) is 74.7 Å². The van der Waals surface area contributed by atoms with Crippen LogP contribution in [0.1, 0.15) is 61.5 Å². The number of unbranched alkanes of at least 4 members (excludes halogenated alkanes) is 2. The molecule has 5 aromatic rings. The maximum atomic E-state index is 12.9. The number of nitro benzene ring substituents is 1. The first-order valence-corrected chi connectivity index (χ1v) is 20.1. The fraction of sp³-hybridized carbons (Fsp3) is 0.349. The maximum absolute atomic E-state index is 12.9. The van der Waals surface area contributed by atoms with E-state index in [1.807, 2.05) is 62.2 Å². The predicted molar refractivity (Wildman–Crippen MR) is 228 cm³/mol. The number of non-ortho nitro benzene ring substituents is 1. The monoisotopic (exact) mass is 836 g/mol. The summed E-state index contributed by atoms with van der Waals surface area (Å²) in [5.41, 5.74) is 3.27. The molecule has 0 spiro atoms. The fourth-order valence-corrected chi connectivity index (χ4v) is 6.80. The Labute approximate surface area is 350 Å². The van der Waals surface area contributed by atoms with Gasteiger partial charge < -0.3 is 39.6 Å². The first-order valence-electron chi connectivity index (χ1n) is 20.1. The van der Waals surface area contributed by atoms with Gasteiger partial charge in [-0.15, -0.1) is 0 Å². The maximum Gasteiger partial charge on any atom is 0.349 e. The number of carbonyl (C=O) groups is 3. The molecule has 2 amide bonds. The van der Waals surface area contributed by atoms with Crippen LogP contribution in [0, 0.1) is 10.1 Å². The molecule has 0 radical (unpaired) electrons. The molecule has 61 heavy (non-hydrogen) atoms. The average molecular weight is 837 g/mol. The van der Waals surface area contributed by atoms with Crippen molar-refractivity contribution in [3.05, 3.63) is 116 Å². The number of nitrogens with zero attached hydrogens (tertiary/aromatic N) is 5. The number of hydrogen-bond acceptors (Lipinski definition) is 15. The molecule has 0 fully saturated rings. The molecule has 1 aliphatic heterocycles. The summed E-state index contributed by atoms with van der Waals surface area (Å²) >= 11 is 0. The lowest BCUT2D eigenvalue weighted by Crippen LogP contribution is -2.31. The van der Waals surface area contributed by atoms with Gasteiger partial charge in [-0.3, -0.25) is 19.7 Å². The standard InChI is InChI=1S/C43H48N8O10/c1-4-50(5-2)32-15-12-29-25-33(43(55)60-37(29)27-32)41(53)45-20-22-58-23-24-59-42(54)30-18-21-49(3)36(26-30)28-10-13-31(14-11-28)46-38(52)9-7-6-8-19-44-34-16-17-35(51(56)57)40-39(34)47-61-48-40/h10-18,21,25-27,36,44H,4-9,19-20,22-24H2,1-3H3,(H,45,53)(H,46,52). The van der Waals surface area contributed by atoms with E-state index in [1.54, 1.807) is 30.5 Å². The van der Waals surface area contributed by atoms with E-state index in [1.165, 1.54) is 12.1 Å². The largest absolute Gasteiger partial charge is 0.460 e. The van der Waals surface area contributed by atoms with E-state index >= 15 is 0 Å². The summed E-state index contributed by atoms with van der Waals surface area (Å²) in [5.74, 6) is -1.18. The summed E-state index contributed by atoms with van der Waals surface area (Å²) in [6.07, 6.45) is 7.84. The summed E-state index contributed by atoms with van der Waals surface area (Å²) in [4.78, 5) is 65.5. The number of likely N-dealkylation sites (N-methyl/N-ethyl adjacent to an activating group) is 1. The minimum absolute atomic E-state index is 0.000550. The van der Waals surface area contributed by atoms with Gasteiger partial charge in [0.15, 0.2) is 5.52 Å². The molecule has 1 unspecified atom stereocenters. The summed E-state index contributed by atoms with van der Waals surface area (Å²) in [6.45, 7) is 6.67. The van der Waals surface area contributed by atoms with Gasteiger partial charge in [0.05, 0.1) is 35.4 Å². The van der Waals surface area contributed by atoms with E-state index < -0.39 is 22.4 Å². The predicted octanol–water partition coefficient (Wildman–Crippen LogP) is 6.11. The van der Waals surface area contributed by atoms with Crippen molar-refractivity contribution < 1.29 is 37.8 Å². The normalized spacial score (nSPS) is 13.5. The zero-order valence-corrected chi connectivity index (χ0v) is 34.2. The highest BCUT2D eigenvalue weighted by molar-refractivity contribution is 5.97. The number of anilines is 3. The molecular formula is C43H48N8O10. The summed E-state index contributed by atoms with van der Waals surface area (Å²) in [6, 6.07) is 17.2. The fourth-order valence-electron chi connectivity index (χ4n) is 6.80. The Hall–Kier alpha value is -7.08. The van der Waals surface area contributed by atoms with E-state index in [9.17, 15) is 29.3 Å². The zero-order chi connectivity index (χ0) is 43.3. The number of aromatic nitrogens is 2. The van der Waals surface area contributed by atoms with Crippen molar-refractivity contribution in [3.63, 3.8) is 0 Å². The number of hydrogen-bond donors (Lipinski definition) is 3. The second-order valence-corrected chi connectivity index (χ2v) is 14.2. The molecule has 6 rings (SSSR count). The van der Waals surface area contributed by atoms with Crippen LogP contribution < -0.4 is 26.5 Å². The number of benzene rings is 3. The smallest absolute Gasteiger partial charge is 0.349 e. The molecule has 0 saturated carbocycles. The molecule has 3 heterocycles. The molecule has 1 atom stereocenters. The number of amides is 2. The lowest BCUT2D eigenvalue weighted by Gasteiger charge is -2.28. The van der Waals surface area contributed by atoms with Crippen LogP contribution in [-0.2, 0) is 19.1 Å². The van der Waals surface area contributed by atoms with Gasteiger partial charge in [0.1, 0.15) is 17.8 Å². The van der Waals surface area contributed by atoms with Crippen LogP contribution in [0.4, 0.5) is 22.7 Å². The Bertz CT molecular complexity index is 2470. The van der Waals surface area contributed by atoms with Gasteiger partial charge in [-0.1, -0.05) is 18.6 Å². The van der Waals surface area contributed by atoms with Crippen molar-refractivity contribution in [1.29, 1.82) is 0 Å². The van der Waals surface area contributed by atoms with E-state index in [2.05, 4.69) is 31.2 Å². The van der Waals surface area contributed by atoms with Crippen molar-refractivity contribution >= 4 is 62.5 Å². The lowest BCUT2D eigenvalue weighted by atomic mass is 10.00. The van der Waals surface area contributed by atoms with Gasteiger partial charge in [-0.2, -0.15) is 0 Å². The summed E-state index contributed by atoms with van der Waals surface area (Å²) in [7, 11) is 1.89. The molecule has 0 saturated heterocycles. The Kier molecular flexibility index (Phi) is 14.8. The lowest BCUT2D eigenvalue weighted by molar-refractivity contribution is -0.383. The van der Waals surface area contributed by atoms with Gasteiger partial charge in [0.25, 0.3) is 5.91 Å². The molecule has 18 heteroatoms. The van der Waals surface area contributed by atoms with Crippen LogP contribution in [0.2, 0.25) is 0 Å². The van der Waals surface area contributed by atoms with Crippen LogP contribution >= 0.6 is 0 Å². The third-order valence-electron chi connectivity index (χ3n) is 10.1. The molecular weight excluding hydrogens is 789 g/mol. The number of rotatable bonds is 21. The van der Waals surface area contributed by atoms with Crippen molar-refractivity contribution in [2.24, 2.45) is 0 Å². The van der Waals surface area contributed by atoms with E-state index in [4.69, 9.17) is 18.5 Å². The van der Waals surface area contributed by atoms with E-state index in [-0.39, 0.29) is 55.1 Å². The number of esters is 1. The minimum atomic E-state index is -0.723. The Morgan fingerprint density at radius 1 is 0.934 bits per heavy atom. The highest BCUT2D eigenvalue weighted by Crippen LogP contribution is 2.30. The first-order chi connectivity index (χ1) is 29.6. The molecule has 2 aromatic heterocycles. The van der Waals surface area contributed by atoms with Crippen LogP contribution in [-0.4, -0.2) is 91.0 Å². The van der Waals surface area contributed by atoms with Crippen molar-refractivity contribution in [1.82, 2.24) is 20.5 Å². The number of nitro groups is 1. The molecule has 0 aliphatic carbocycles. The van der Waals surface area contributed by atoms with Gasteiger partial charge in [-0.25, -0.2) is 14.2 Å². The topological polar surface area (TPSA) is 225 Å². The van der Waals surface area contributed by atoms with Crippen molar-refractivity contribution in [3.8, 4) is 0 Å². The average Bonchev–Trinajstić information content (AvgIpc) is 3.75. The summed E-state index contributed by atoms with van der Waals surface area (Å²) < 4.78 is 21.1. The number of ether oxygens (including phenoxy) is 2. The highest BCUT2D eigenvalue weighted by atomic mass is 16.6. The number of nitrogens with one attached hydrogen (secondary N) is 3. The Balaban J connectivity index is 0.869. The van der Waals surface area contributed by atoms with E-state index in [0.717, 1.165) is 37.2 Å². The Morgan fingerprint density at radius 3 is 2.49 bits per heavy atom. The second kappa shape index (κ2) is 20.7. The second-order valence-electron chi connectivity index (χ2n) is 14.2. The molecule has 18 nitrogen and oxygen atoms in total. The van der Waals surface area contributed by atoms with Crippen LogP contribution in [0.5, 0.6) is 0 Å². The number of carbonyl (C=O) groups excluding carboxylic acids is 3. The third kappa shape index (κ3) is 11.2. The van der Waals surface area contributed by atoms with Crippen molar-refractivity contribution in [2.45, 2.75) is 45.6 Å². The molecule has 1 aliphatic rings. The summed E-state index contributed by atoms with van der Waals surface area (Å²) in [5, 5.41) is 28.0. The molecule has 3 N–H and O–H groups in total. The Morgan fingerprint density at radius 2 is 1.72 bits per heavy atom. The van der Waals surface area contributed by atoms with E-state index in [0.29, 0.717) is 52.8 Å². The van der Waals surface area contributed by atoms with Crippen LogP contribution in [0.15, 0.2) is 98.4 Å². The molecule has 3 aromatic carbocycles. The third-order valence-corrected chi connectivity index (χ3v) is 10.1. The zero-order valence-electron chi connectivity index (χ0n) is 34.2. The molecule has 0 bridgehead atoms. The first kappa shape index (κ1) is 43.5. The SMILES string of the molecule is CCN(CC)c1ccc2cc(C(=O)NCCOCCOC(=O)C3=CC(c4ccc(NC(=O)CCCCCNc5ccc([N+](=O)[O-])c6nonc56)cc4)N(C)C=C3)c(=O)oc2c1. The van der Waals surface area contributed by atoms with Crippen LogP contribution in [0.3, 0.4) is 0 Å². The van der Waals surface area contributed by atoms with Crippen molar-refractivity contribution in [2.75, 3.05) is 68.6 Å².